The standard InChI is InChI=1S/C10H9NO4/c1-6(12)2-3-7-4-8(11-15)10(14)9(13)5-7/h2-5,13-14H,1H3/b3-2+. The number of phenolic OH excluding ortho intramolecular Hbond substituents is 2. The van der Waals surface area contributed by atoms with Gasteiger partial charge in [-0.05, 0) is 35.9 Å². The zero-order valence-electron chi connectivity index (χ0n) is 7.97. The van der Waals surface area contributed by atoms with Gasteiger partial charge in [0.1, 0.15) is 0 Å². The highest BCUT2D eigenvalue weighted by Gasteiger charge is 2.08. The Labute approximate surface area is 85.6 Å². The van der Waals surface area contributed by atoms with E-state index in [-0.39, 0.29) is 11.5 Å². The van der Waals surface area contributed by atoms with Gasteiger partial charge in [-0.1, -0.05) is 6.08 Å². The molecule has 0 spiro atoms. The van der Waals surface area contributed by atoms with E-state index in [4.69, 9.17) is 5.11 Å². The molecule has 0 unspecified atom stereocenters. The minimum absolute atomic E-state index is 0.164. The molecule has 1 aromatic carbocycles. The number of phenols is 2. The maximum Gasteiger partial charge on any atom is 0.187 e. The molecule has 0 aliphatic carbocycles. The Morgan fingerprint density at radius 2 is 2.07 bits per heavy atom. The molecular formula is C10H9NO4. The van der Waals surface area contributed by atoms with Crippen molar-refractivity contribution in [2.24, 2.45) is 5.18 Å². The highest BCUT2D eigenvalue weighted by atomic mass is 16.3. The summed E-state index contributed by atoms with van der Waals surface area (Å²) in [4.78, 5) is 20.9. The Hall–Kier alpha value is -2.17. The van der Waals surface area contributed by atoms with Crippen molar-refractivity contribution in [1.82, 2.24) is 0 Å². The van der Waals surface area contributed by atoms with Crippen molar-refractivity contribution in [3.05, 3.63) is 28.7 Å². The molecule has 2 N–H and O–H groups in total. The summed E-state index contributed by atoms with van der Waals surface area (Å²) in [6.45, 7) is 1.37. The summed E-state index contributed by atoms with van der Waals surface area (Å²) in [5.74, 6) is -1.18. The molecule has 78 valence electrons. The van der Waals surface area contributed by atoms with Crippen LogP contribution < -0.4 is 0 Å². The molecule has 0 bridgehead atoms. The van der Waals surface area contributed by atoms with Gasteiger partial charge < -0.3 is 10.2 Å². The molecule has 5 heteroatoms. The molecule has 0 atom stereocenters. The SMILES string of the molecule is CC(=O)/C=C/c1cc(O)c(O)c(N=O)c1. The average molecular weight is 207 g/mol. The van der Waals surface area contributed by atoms with E-state index in [1.807, 2.05) is 0 Å². The second-order valence-electron chi connectivity index (χ2n) is 2.94. The lowest BCUT2D eigenvalue weighted by Crippen LogP contribution is -1.80. The summed E-state index contributed by atoms with van der Waals surface area (Å²) in [7, 11) is 0. The lowest BCUT2D eigenvalue weighted by molar-refractivity contribution is -0.112. The molecule has 0 saturated heterocycles. The van der Waals surface area contributed by atoms with Crippen LogP contribution in [0.4, 0.5) is 5.69 Å². The second-order valence-corrected chi connectivity index (χ2v) is 2.94. The number of carbonyl (C=O) groups is 1. The number of benzene rings is 1. The smallest absolute Gasteiger partial charge is 0.187 e. The van der Waals surface area contributed by atoms with Crippen molar-refractivity contribution in [2.75, 3.05) is 0 Å². The second kappa shape index (κ2) is 4.36. The molecule has 0 fully saturated rings. The van der Waals surface area contributed by atoms with Gasteiger partial charge in [0.15, 0.2) is 23.0 Å². The van der Waals surface area contributed by atoms with Gasteiger partial charge in [-0.2, -0.15) is 0 Å². The molecule has 0 saturated carbocycles. The van der Waals surface area contributed by atoms with Crippen molar-refractivity contribution >= 4 is 17.5 Å². The normalized spacial score (nSPS) is 10.5. The fourth-order valence-corrected chi connectivity index (χ4v) is 1.00. The maximum atomic E-state index is 10.6. The summed E-state index contributed by atoms with van der Waals surface area (Å²) < 4.78 is 0. The van der Waals surface area contributed by atoms with Crippen molar-refractivity contribution in [3.63, 3.8) is 0 Å². The monoisotopic (exact) mass is 207 g/mol. The van der Waals surface area contributed by atoms with Crippen LogP contribution in [0.25, 0.3) is 6.08 Å². The van der Waals surface area contributed by atoms with E-state index in [0.29, 0.717) is 5.56 Å². The number of aromatic hydroxyl groups is 2. The minimum atomic E-state index is -0.565. The molecule has 0 radical (unpaired) electrons. The molecule has 0 heterocycles. The lowest BCUT2D eigenvalue weighted by Gasteiger charge is -2.01. The van der Waals surface area contributed by atoms with Gasteiger partial charge in [0.05, 0.1) is 0 Å². The van der Waals surface area contributed by atoms with Crippen LogP contribution in [0.3, 0.4) is 0 Å². The Balaban J connectivity index is 3.16. The summed E-state index contributed by atoms with van der Waals surface area (Å²) in [6.07, 6.45) is 2.69. The topological polar surface area (TPSA) is 87.0 Å². The number of hydrogen-bond donors (Lipinski definition) is 2. The van der Waals surface area contributed by atoms with Crippen LogP contribution in [0.5, 0.6) is 11.5 Å². The molecule has 1 rings (SSSR count). The molecule has 5 nitrogen and oxygen atoms in total. The Kier molecular flexibility index (Phi) is 3.17. The van der Waals surface area contributed by atoms with Crippen LogP contribution in [0.15, 0.2) is 23.4 Å². The third-order valence-corrected chi connectivity index (χ3v) is 1.70. The van der Waals surface area contributed by atoms with Gasteiger partial charge in [0.25, 0.3) is 0 Å². The van der Waals surface area contributed by atoms with Gasteiger partial charge in [0, 0.05) is 0 Å². The van der Waals surface area contributed by atoms with Gasteiger partial charge in [-0.25, -0.2) is 0 Å². The highest BCUT2D eigenvalue weighted by Crippen LogP contribution is 2.36. The Morgan fingerprint density at radius 1 is 1.40 bits per heavy atom. The quantitative estimate of drug-likeness (QED) is 0.451. The van der Waals surface area contributed by atoms with Crippen molar-refractivity contribution in [3.8, 4) is 11.5 Å². The molecular weight excluding hydrogens is 198 g/mol. The van der Waals surface area contributed by atoms with Crippen LogP contribution in [-0.2, 0) is 4.79 Å². The van der Waals surface area contributed by atoms with Crippen LogP contribution in [0.1, 0.15) is 12.5 Å². The zero-order valence-corrected chi connectivity index (χ0v) is 7.97. The summed E-state index contributed by atoms with van der Waals surface area (Å²) >= 11 is 0. The maximum absolute atomic E-state index is 10.6. The van der Waals surface area contributed by atoms with E-state index in [1.165, 1.54) is 31.2 Å². The van der Waals surface area contributed by atoms with Gasteiger partial charge >= 0.3 is 0 Å². The highest BCUT2D eigenvalue weighted by molar-refractivity contribution is 5.91. The number of nitroso groups, excluding NO2 is 1. The van der Waals surface area contributed by atoms with E-state index in [0.717, 1.165) is 0 Å². The van der Waals surface area contributed by atoms with Crippen LogP contribution >= 0.6 is 0 Å². The first kappa shape index (κ1) is 10.9. The number of carbonyl (C=O) groups excluding carboxylic acids is 1. The number of ketones is 1. The fraction of sp³-hybridized carbons (Fsp3) is 0.100. The van der Waals surface area contributed by atoms with Crippen molar-refractivity contribution < 1.29 is 15.0 Å². The average Bonchev–Trinajstić information content (AvgIpc) is 2.19. The molecule has 1 aromatic rings. The zero-order chi connectivity index (χ0) is 11.4. The van der Waals surface area contributed by atoms with E-state index in [9.17, 15) is 14.8 Å². The molecule has 0 aliphatic rings. The first-order valence-corrected chi connectivity index (χ1v) is 4.12. The van der Waals surface area contributed by atoms with Gasteiger partial charge in [0.2, 0.25) is 0 Å². The summed E-state index contributed by atoms with van der Waals surface area (Å²) in [5.41, 5.74) is 0.147. The van der Waals surface area contributed by atoms with Crippen LogP contribution in [0.2, 0.25) is 0 Å². The van der Waals surface area contributed by atoms with E-state index in [2.05, 4.69) is 5.18 Å². The Morgan fingerprint density at radius 3 is 2.60 bits per heavy atom. The number of allylic oxidation sites excluding steroid dienone is 1. The number of rotatable bonds is 3. The van der Waals surface area contributed by atoms with Gasteiger partial charge in [-0.15, -0.1) is 4.91 Å². The van der Waals surface area contributed by atoms with E-state index >= 15 is 0 Å². The van der Waals surface area contributed by atoms with E-state index < -0.39 is 11.5 Å². The van der Waals surface area contributed by atoms with Crippen molar-refractivity contribution in [1.29, 1.82) is 0 Å². The van der Waals surface area contributed by atoms with Crippen molar-refractivity contribution in [2.45, 2.75) is 6.92 Å². The molecule has 15 heavy (non-hydrogen) atoms. The molecule has 0 amide bonds. The first-order chi connectivity index (χ1) is 7.04. The third kappa shape index (κ3) is 2.63. The van der Waals surface area contributed by atoms with Gasteiger partial charge in [-0.3, -0.25) is 4.79 Å². The minimum Gasteiger partial charge on any atom is -0.504 e. The predicted molar refractivity (Wildman–Crippen MR) is 54.9 cm³/mol. The van der Waals surface area contributed by atoms with Crippen LogP contribution in [0, 0.1) is 4.91 Å². The molecule has 0 aliphatic heterocycles. The fourth-order valence-electron chi connectivity index (χ4n) is 1.00. The summed E-state index contributed by atoms with van der Waals surface area (Å²) in [6, 6.07) is 2.49. The summed E-state index contributed by atoms with van der Waals surface area (Å²) in [5, 5.41) is 20.9. The van der Waals surface area contributed by atoms with Crippen LogP contribution in [-0.4, -0.2) is 16.0 Å². The number of nitrogens with zero attached hydrogens (tertiary/aromatic N) is 1. The third-order valence-electron chi connectivity index (χ3n) is 1.70. The predicted octanol–water partition coefficient (Wildman–Crippen LogP) is 2.10. The lowest BCUT2D eigenvalue weighted by atomic mass is 10.1. The number of hydrogen-bond acceptors (Lipinski definition) is 5. The largest absolute Gasteiger partial charge is 0.504 e. The van der Waals surface area contributed by atoms with E-state index in [1.54, 1.807) is 0 Å². The first-order valence-electron chi connectivity index (χ1n) is 4.12. The Bertz CT molecular complexity index is 437. The molecule has 0 aromatic heterocycles.